The van der Waals surface area contributed by atoms with E-state index in [4.69, 9.17) is 29.4 Å². The molecule has 0 saturated carbocycles. The molecule has 0 atom stereocenters. The van der Waals surface area contributed by atoms with E-state index in [1.807, 2.05) is 42.5 Å². The number of hydrogen-bond acceptors (Lipinski definition) is 6. The largest absolute Gasteiger partial charge is 0.497 e. The van der Waals surface area contributed by atoms with Crippen LogP contribution in [0.2, 0.25) is 0 Å². The van der Waals surface area contributed by atoms with Gasteiger partial charge in [-0.05, 0) is 155 Å². The Morgan fingerprint density at radius 3 is 0.951 bits per heavy atom. The Labute approximate surface area is 471 Å². The average molecular weight is 1060 g/mol. The summed E-state index contributed by atoms with van der Waals surface area (Å²) in [6.07, 6.45) is 16.9. The number of nitrogens with one attached hydrogen (secondary N) is 4. The highest BCUT2D eigenvalue weighted by Gasteiger charge is 2.24. The first-order valence-corrected chi connectivity index (χ1v) is 27.3. The molecule has 6 aromatic heterocycles. The minimum absolute atomic E-state index is 0.732. The molecule has 0 amide bonds. The molecule has 15 rings (SSSR count). The van der Waals surface area contributed by atoms with E-state index in [0.29, 0.717) is 0 Å². The van der Waals surface area contributed by atoms with Crippen LogP contribution in [0, 0.1) is 0 Å². The van der Waals surface area contributed by atoms with Crippen LogP contribution in [0.15, 0.2) is 194 Å². The molecule has 0 unspecified atom stereocenters. The maximum atomic E-state index is 5.82. The van der Waals surface area contributed by atoms with E-state index in [1.54, 1.807) is 14.2 Å². The molecule has 82 heavy (non-hydrogen) atoms. The monoisotopic (exact) mass is 1060 g/mol. The third kappa shape index (κ3) is 8.54. The Balaban J connectivity index is 1.13. The van der Waals surface area contributed by atoms with Crippen molar-refractivity contribution in [3.8, 4) is 78.3 Å². The van der Waals surface area contributed by atoms with Gasteiger partial charge in [-0.2, -0.15) is 0 Å². The lowest BCUT2D eigenvalue weighted by atomic mass is 10.0. The number of rotatable bonds is 8. The Bertz CT molecular complexity index is 4800. The highest BCUT2D eigenvalue weighted by molar-refractivity contribution is 6.05. The SMILES string of the molecule is COc1cccc(-c2c3nc(c(-c4c5nc(c(-c6ccccc6)c6ccc([nH]6)c(-c6ccccc6)c6nc(c(-c7ccccc7)c7ccc4[nH]7)C=C6)C=C5)c4ccc([nH]4)c(-c4cccc(OC)c4)c4nc(cc5ccc2[nH]5)C=C4)C=C3)c1. The number of hydrogen-bond donors (Lipinski definition) is 4. The predicted octanol–water partition coefficient (Wildman–Crippen LogP) is 17.6. The fourth-order valence-electron chi connectivity index (χ4n) is 11.8. The van der Waals surface area contributed by atoms with Crippen molar-refractivity contribution in [3.05, 3.63) is 240 Å². The van der Waals surface area contributed by atoms with E-state index < -0.39 is 0 Å². The summed E-state index contributed by atoms with van der Waals surface area (Å²) in [6, 6.07) is 67.0. The van der Waals surface area contributed by atoms with Gasteiger partial charge in [0.25, 0.3) is 0 Å². The van der Waals surface area contributed by atoms with Gasteiger partial charge >= 0.3 is 0 Å². The molecular formula is C72H50N8O2. The topological polar surface area (TPSA) is 133 Å². The molecule has 0 saturated heterocycles. The summed E-state index contributed by atoms with van der Waals surface area (Å²) in [7, 11) is 3.39. The molecule has 390 valence electrons. The van der Waals surface area contributed by atoms with Crippen molar-refractivity contribution < 1.29 is 9.47 Å². The quantitative estimate of drug-likeness (QED) is 0.120. The maximum absolute atomic E-state index is 5.82. The van der Waals surface area contributed by atoms with Gasteiger partial charge in [0.2, 0.25) is 0 Å². The molecule has 4 aliphatic heterocycles. The first-order valence-electron chi connectivity index (χ1n) is 27.3. The van der Waals surface area contributed by atoms with Crippen molar-refractivity contribution in [3.63, 3.8) is 0 Å². The van der Waals surface area contributed by atoms with Crippen LogP contribution in [-0.4, -0.2) is 54.1 Å². The molecule has 10 heteroatoms. The third-order valence-electron chi connectivity index (χ3n) is 15.5. The van der Waals surface area contributed by atoms with E-state index in [-0.39, 0.29) is 0 Å². The smallest absolute Gasteiger partial charge is 0.119 e. The van der Waals surface area contributed by atoms with Crippen molar-refractivity contribution in [2.45, 2.75) is 0 Å². The van der Waals surface area contributed by atoms with Crippen molar-refractivity contribution in [1.29, 1.82) is 0 Å². The number of benzene rings is 5. The van der Waals surface area contributed by atoms with Crippen LogP contribution in [0.4, 0.5) is 0 Å². The van der Waals surface area contributed by atoms with Gasteiger partial charge < -0.3 is 29.4 Å². The summed E-state index contributed by atoms with van der Waals surface area (Å²) in [5.74, 6) is 1.48. The van der Waals surface area contributed by atoms with E-state index in [9.17, 15) is 0 Å². The molecule has 0 fully saturated rings. The second-order valence-corrected chi connectivity index (χ2v) is 20.4. The Hall–Kier alpha value is -11.1. The number of ether oxygens (including phenoxy) is 2. The van der Waals surface area contributed by atoms with Crippen LogP contribution >= 0.6 is 0 Å². The van der Waals surface area contributed by atoms with Crippen LogP contribution in [0.3, 0.4) is 0 Å². The Morgan fingerprint density at radius 1 is 0.256 bits per heavy atom. The maximum Gasteiger partial charge on any atom is 0.119 e. The first-order chi connectivity index (χ1) is 40.5. The fourth-order valence-corrected chi connectivity index (χ4v) is 11.8. The summed E-state index contributed by atoms with van der Waals surface area (Å²) < 4.78 is 11.6. The Kier molecular flexibility index (Phi) is 11.7. The lowest BCUT2D eigenvalue weighted by Crippen LogP contribution is -1.92. The molecule has 4 aliphatic rings. The van der Waals surface area contributed by atoms with Crippen LogP contribution < -0.4 is 9.47 Å². The molecule has 16 bridgehead atoms. The summed E-state index contributed by atoms with van der Waals surface area (Å²) in [5.41, 5.74) is 24.8. The normalized spacial score (nSPS) is 12.3. The molecule has 4 N–H and O–H groups in total. The minimum atomic E-state index is 0.732. The van der Waals surface area contributed by atoms with Gasteiger partial charge in [0.05, 0.1) is 59.8 Å². The van der Waals surface area contributed by atoms with Crippen molar-refractivity contribution in [1.82, 2.24) is 39.9 Å². The molecule has 0 spiro atoms. The number of fused-ring (bicyclic) bond motifs is 16. The number of H-pyrrole nitrogens is 4. The standard InChI is InChI=1S/C72H50N8O2/c1-81-50-22-12-20-46(40-50)69-52-26-24-48(73-52)42-49-25-27-53(74-49)70(47-21-13-23-51(41-47)82-2)61-35-39-65(80-61)72(64-38-34-60(69)79-64)71-62-36-32-58(77-62)67(44-16-8-4-9-17-44)56-30-28-54(75-56)66(43-14-6-3-7-15-43)55-29-31-57(76-55)68(45-18-10-5-11-19-45)59-33-37-63(71)78-59/h3-42,73,75,78,80H,1-2H3. The molecule has 10 heterocycles. The van der Waals surface area contributed by atoms with Crippen molar-refractivity contribution in [2.75, 3.05) is 14.2 Å². The number of aromatic nitrogens is 8. The lowest BCUT2D eigenvalue weighted by molar-refractivity contribution is 0.415. The van der Waals surface area contributed by atoms with Crippen LogP contribution in [0.1, 0.15) is 45.6 Å². The molecule has 11 aromatic rings. The zero-order chi connectivity index (χ0) is 54.7. The number of methoxy groups -OCH3 is 2. The van der Waals surface area contributed by atoms with Gasteiger partial charge in [-0.15, -0.1) is 0 Å². The van der Waals surface area contributed by atoms with Gasteiger partial charge in [0, 0.05) is 83.1 Å². The summed E-state index contributed by atoms with van der Waals surface area (Å²) in [6.45, 7) is 0. The Morgan fingerprint density at radius 2 is 0.561 bits per heavy atom. The van der Waals surface area contributed by atoms with Crippen molar-refractivity contribution in [2.24, 2.45) is 0 Å². The third-order valence-corrected chi connectivity index (χ3v) is 15.5. The molecule has 10 nitrogen and oxygen atoms in total. The lowest BCUT2D eigenvalue weighted by Gasteiger charge is -2.09. The van der Waals surface area contributed by atoms with Crippen LogP contribution in [0.25, 0.3) is 160 Å². The summed E-state index contributed by atoms with van der Waals surface area (Å²) in [5, 5.41) is 0. The second kappa shape index (κ2) is 20.0. The zero-order valence-corrected chi connectivity index (χ0v) is 44.7. The van der Waals surface area contributed by atoms with E-state index in [1.165, 1.54) is 0 Å². The summed E-state index contributed by atoms with van der Waals surface area (Å²) in [4.78, 5) is 37.9. The minimum Gasteiger partial charge on any atom is -0.497 e. The van der Waals surface area contributed by atoms with E-state index >= 15 is 0 Å². The second-order valence-electron chi connectivity index (χ2n) is 20.4. The summed E-state index contributed by atoms with van der Waals surface area (Å²) >= 11 is 0. The van der Waals surface area contributed by atoms with Crippen LogP contribution in [-0.2, 0) is 0 Å². The van der Waals surface area contributed by atoms with Gasteiger partial charge in [-0.3, -0.25) is 0 Å². The van der Waals surface area contributed by atoms with Gasteiger partial charge in [0.15, 0.2) is 0 Å². The number of aromatic amines is 4. The predicted molar refractivity (Wildman–Crippen MR) is 337 cm³/mol. The molecule has 0 aliphatic carbocycles. The average Bonchev–Trinajstić information content (AvgIpc) is 4.51. The van der Waals surface area contributed by atoms with E-state index in [0.717, 1.165) is 168 Å². The van der Waals surface area contributed by atoms with Crippen molar-refractivity contribution >= 4 is 92.7 Å². The van der Waals surface area contributed by atoms with E-state index in [2.05, 4.69) is 220 Å². The number of nitrogens with zero attached hydrogens (tertiary/aromatic N) is 4. The zero-order valence-electron chi connectivity index (χ0n) is 44.7. The molecule has 0 radical (unpaired) electrons. The highest BCUT2D eigenvalue weighted by atomic mass is 16.5. The first kappa shape index (κ1) is 48.1. The van der Waals surface area contributed by atoms with Gasteiger partial charge in [-0.1, -0.05) is 115 Å². The molecular weight excluding hydrogens is 1010 g/mol. The highest BCUT2D eigenvalue weighted by Crippen LogP contribution is 2.43. The van der Waals surface area contributed by atoms with Crippen LogP contribution in [0.5, 0.6) is 11.5 Å². The molecule has 5 aromatic carbocycles. The van der Waals surface area contributed by atoms with Gasteiger partial charge in [0.1, 0.15) is 11.5 Å². The fraction of sp³-hybridized carbons (Fsp3) is 0.0278. The van der Waals surface area contributed by atoms with Gasteiger partial charge in [-0.25, -0.2) is 19.9 Å².